The van der Waals surface area contributed by atoms with Gasteiger partial charge in [-0.05, 0) is 30.2 Å². The summed E-state index contributed by atoms with van der Waals surface area (Å²) in [5.74, 6) is -0.204. The number of aryl methyl sites for hydroxylation is 1. The fraction of sp³-hybridized carbons (Fsp3) is 0.385. The molecule has 3 nitrogen and oxygen atoms in total. The highest BCUT2D eigenvalue weighted by molar-refractivity contribution is 5.86. The molecule has 0 saturated heterocycles. The molecule has 1 aliphatic rings. The van der Waals surface area contributed by atoms with E-state index in [4.69, 9.17) is 0 Å². The van der Waals surface area contributed by atoms with Crippen LogP contribution in [0.25, 0.3) is 10.9 Å². The average Bonchev–Trinajstić information content (AvgIpc) is 2.62. The van der Waals surface area contributed by atoms with Crippen LogP contribution >= 0.6 is 0 Å². The lowest BCUT2D eigenvalue weighted by Gasteiger charge is -2.23. The molecule has 0 spiro atoms. The molecule has 2 aromatic rings. The lowest BCUT2D eigenvalue weighted by Crippen LogP contribution is -2.38. The number of hydrogen-bond donors (Lipinski definition) is 2. The molecule has 4 heteroatoms. The minimum Gasteiger partial charge on any atom is -0.395 e. The summed E-state index contributed by atoms with van der Waals surface area (Å²) in [5, 5.41) is 13.5. The molecule has 17 heavy (non-hydrogen) atoms. The predicted octanol–water partition coefficient (Wildman–Crippen LogP) is 1.32. The molecule has 1 aliphatic heterocycles. The zero-order chi connectivity index (χ0) is 12.0. The molecule has 1 unspecified atom stereocenters. The predicted molar refractivity (Wildman–Crippen MR) is 64.3 cm³/mol. The zero-order valence-corrected chi connectivity index (χ0v) is 9.70. The van der Waals surface area contributed by atoms with E-state index < -0.39 is 0 Å². The summed E-state index contributed by atoms with van der Waals surface area (Å²) in [6.45, 7) is 0.846. The molecule has 0 aliphatic carbocycles. The Morgan fingerprint density at radius 3 is 3.12 bits per heavy atom. The first-order chi connectivity index (χ1) is 8.20. The van der Waals surface area contributed by atoms with Crippen LogP contribution in [0.15, 0.2) is 18.2 Å². The molecule has 2 heterocycles. The normalized spacial score (nSPS) is 19.6. The summed E-state index contributed by atoms with van der Waals surface area (Å²) in [5.41, 5.74) is 3.41. The maximum Gasteiger partial charge on any atom is 0.123 e. The van der Waals surface area contributed by atoms with Gasteiger partial charge in [-0.2, -0.15) is 0 Å². The molecular formula is C13H15FN2O. The summed E-state index contributed by atoms with van der Waals surface area (Å²) < 4.78 is 15.4. The van der Waals surface area contributed by atoms with Gasteiger partial charge in [-0.25, -0.2) is 4.39 Å². The van der Waals surface area contributed by atoms with Gasteiger partial charge in [-0.3, -0.25) is 0 Å². The van der Waals surface area contributed by atoms with Crippen molar-refractivity contribution in [1.29, 1.82) is 0 Å². The van der Waals surface area contributed by atoms with Gasteiger partial charge in [0.25, 0.3) is 0 Å². The van der Waals surface area contributed by atoms with Crippen molar-refractivity contribution in [3.63, 3.8) is 0 Å². The van der Waals surface area contributed by atoms with Crippen molar-refractivity contribution in [2.45, 2.75) is 19.0 Å². The van der Waals surface area contributed by atoms with E-state index in [0.29, 0.717) is 0 Å². The van der Waals surface area contributed by atoms with E-state index in [9.17, 15) is 9.50 Å². The van der Waals surface area contributed by atoms with Crippen molar-refractivity contribution in [3.05, 3.63) is 35.3 Å². The second-order valence-electron chi connectivity index (χ2n) is 4.61. The standard InChI is InChI=1S/C13H15FN2O/c1-16-12-3-2-8(14)4-10(12)11-5-9(7-17)15-6-13(11)16/h2-4,9,15,17H,5-7H2,1H3. The quantitative estimate of drug-likeness (QED) is 0.781. The highest BCUT2D eigenvalue weighted by atomic mass is 19.1. The number of aliphatic hydroxyl groups is 1. The third-order valence-corrected chi connectivity index (χ3v) is 3.63. The number of halogens is 1. The van der Waals surface area contributed by atoms with Crippen LogP contribution < -0.4 is 5.32 Å². The Morgan fingerprint density at radius 1 is 1.53 bits per heavy atom. The number of nitrogens with zero attached hydrogens (tertiary/aromatic N) is 1. The third kappa shape index (κ3) is 1.56. The van der Waals surface area contributed by atoms with E-state index in [2.05, 4.69) is 9.88 Å². The summed E-state index contributed by atoms with van der Waals surface area (Å²) >= 11 is 0. The minimum absolute atomic E-state index is 0.0800. The maximum atomic E-state index is 13.3. The van der Waals surface area contributed by atoms with Gasteiger partial charge in [0.2, 0.25) is 0 Å². The van der Waals surface area contributed by atoms with E-state index in [1.54, 1.807) is 6.07 Å². The monoisotopic (exact) mass is 234 g/mol. The van der Waals surface area contributed by atoms with Gasteiger partial charge in [-0.15, -0.1) is 0 Å². The molecule has 1 atom stereocenters. The van der Waals surface area contributed by atoms with Gasteiger partial charge < -0.3 is 15.0 Å². The Bertz CT molecular complexity index is 576. The van der Waals surface area contributed by atoms with E-state index in [0.717, 1.165) is 23.9 Å². The Kier molecular flexibility index (Phi) is 2.42. The van der Waals surface area contributed by atoms with Gasteiger partial charge in [0.15, 0.2) is 0 Å². The summed E-state index contributed by atoms with van der Waals surface area (Å²) in [4.78, 5) is 0. The van der Waals surface area contributed by atoms with Crippen molar-refractivity contribution in [3.8, 4) is 0 Å². The van der Waals surface area contributed by atoms with E-state index >= 15 is 0 Å². The van der Waals surface area contributed by atoms with Crippen LogP contribution in [0.3, 0.4) is 0 Å². The van der Waals surface area contributed by atoms with Crippen LogP contribution in [0.5, 0.6) is 0 Å². The van der Waals surface area contributed by atoms with Crippen molar-refractivity contribution >= 4 is 10.9 Å². The highest BCUT2D eigenvalue weighted by Crippen LogP contribution is 2.29. The van der Waals surface area contributed by atoms with Crippen molar-refractivity contribution < 1.29 is 9.50 Å². The van der Waals surface area contributed by atoms with Gasteiger partial charge in [0.1, 0.15) is 5.82 Å². The Morgan fingerprint density at radius 2 is 2.35 bits per heavy atom. The third-order valence-electron chi connectivity index (χ3n) is 3.63. The van der Waals surface area contributed by atoms with Crippen LogP contribution in [0.4, 0.5) is 4.39 Å². The fourth-order valence-electron chi connectivity index (χ4n) is 2.69. The first kappa shape index (κ1) is 10.7. The number of aliphatic hydroxyl groups excluding tert-OH is 1. The molecule has 1 aromatic carbocycles. The van der Waals surface area contributed by atoms with Crippen molar-refractivity contribution in [1.82, 2.24) is 9.88 Å². The largest absolute Gasteiger partial charge is 0.395 e. The zero-order valence-electron chi connectivity index (χ0n) is 9.70. The number of benzene rings is 1. The second-order valence-corrected chi connectivity index (χ2v) is 4.61. The lowest BCUT2D eigenvalue weighted by atomic mass is 9.99. The molecule has 0 fully saturated rings. The van der Waals surface area contributed by atoms with Crippen LogP contribution in [0, 0.1) is 5.82 Å². The minimum atomic E-state index is -0.204. The van der Waals surface area contributed by atoms with E-state index in [1.165, 1.54) is 17.3 Å². The fourth-order valence-corrected chi connectivity index (χ4v) is 2.69. The number of hydrogen-bond acceptors (Lipinski definition) is 2. The van der Waals surface area contributed by atoms with Gasteiger partial charge in [-0.1, -0.05) is 0 Å². The highest BCUT2D eigenvalue weighted by Gasteiger charge is 2.23. The summed E-state index contributed by atoms with van der Waals surface area (Å²) in [6, 6.07) is 4.98. The molecule has 90 valence electrons. The van der Waals surface area contributed by atoms with Crippen LogP contribution in [-0.2, 0) is 20.0 Å². The SMILES string of the molecule is Cn1c2c(c3cc(F)ccc31)CC(CO)NC2. The second kappa shape index (κ2) is 3.82. The molecule has 0 saturated carbocycles. The summed E-state index contributed by atoms with van der Waals surface area (Å²) in [7, 11) is 2.00. The van der Waals surface area contributed by atoms with Crippen molar-refractivity contribution in [2.24, 2.45) is 7.05 Å². The molecule has 0 bridgehead atoms. The Balaban J connectivity index is 2.23. The Labute approximate surface area is 98.9 Å². The average molecular weight is 234 g/mol. The number of rotatable bonds is 1. The summed E-state index contributed by atoms with van der Waals surface area (Å²) in [6.07, 6.45) is 0.757. The van der Waals surface area contributed by atoms with Gasteiger partial charge in [0, 0.05) is 36.2 Å². The number of nitrogens with one attached hydrogen (secondary N) is 1. The number of fused-ring (bicyclic) bond motifs is 3. The molecule has 0 radical (unpaired) electrons. The molecule has 2 N–H and O–H groups in total. The maximum absolute atomic E-state index is 13.3. The first-order valence-corrected chi connectivity index (χ1v) is 5.80. The molecule has 0 amide bonds. The molecule has 3 rings (SSSR count). The van der Waals surface area contributed by atoms with Gasteiger partial charge >= 0.3 is 0 Å². The topological polar surface area (TPSA) is 37.2 Å². The van der Waals surface area contributed by atoms with Crippen molar-refractivity contribution in [2.75, 3.05) is 6.61 Å². The van der Waals surface area contributed by atoms with E-state index in [1.807, 2.05) is 13.1 Å². The molecular weight excluding hydrogens is 219 g/mol. The van der Waals surface area contributed by atoms with Crippen LogP contribution in [-0.4, -0.2) is 22.3 Å². The molecule has 1 aromatic heterocycles. The number of aromatic nitrogens is 1. The lowest BCUT2D eigenvalue weighted by molar-refractivity contribution is 0.235. The first-order valence-electron chi connectivity index (χ1n) is 5.80. The smallest absolute Gasteiger partial charge is 0.123 e. The van der Waals surface area contributed by atoms with Crippen LogP contribution in [0.1, 0.15) is 11.3 Å². The van der Waals surface area contributed by atoms with Crippen LogP contribution in [0.2, 0.25) is 0 Å². The Hall–Kier alpha value is -1.39. The van der Waals surface area contributed by atoms with Gasteiger partial charge in [0.05, 0.1) is 6.61 Å². The van der Waals surface area contributed by atoms with E-state index in [-0.39, 0.29) is 18.5 Å².